The van der Waals surface area contributed by atoms with Gasteiger partial charge < -0.3 is 5.32 Å². The van der Waals surface area contributed by atoms with E-state index in [9.17, 15) is 9.18 Å². The van der Waals surface area contributed by atoms with E-state index in [2.05, 4.69) is 10.3 Å². The van der Waals surface area contributed by atoms with Gasteiger partial charge in [-0.15, -0.1) is 0 Å². The van der Waals surface area contributed by atoms with Crippen LogP contribution in [0.2, 0.25) is 0 Å². The summed E-state index contributed by atoms with van der Waals surface area (Å²) >= 11 is 0. The average molecular weight is 319 g/mol. The maximum Gasteiger partial charge on any atom is 0.260 e. The van der Waals surface area contributed by atoms with Crippen LogP contribution < -0.4 is 10.2 Å². The molecule has 1 aliphatic rings. The summed E-state index contributed by atoms with van der Waals surface area (Å²) in [7, 11) is 0. The summed E-state index contributed by atoms with van der Waals surface area (Å²) in [5.41, 5.74) is 2.98. The van der Waals surface area contributed by atoms with Crippen LogP contribution in [0.5, 0.6) is 0 Å². The topological polar surface area (TPSA) is 45.2 Å². The number of amides is 1. The summed E-state index contributed by atoms with van der Waals surface area (Å²) in [6.45, 7) is 0. The summed E-state index contributed by atoms with van der Waals surface area (Å²) in [6, 6.07) is 17.2. The van der Waals surface area contributed by atoms with Crippen LogP contribution in [-0.4, -0.2) is 10.9 Å². The third-order valence-corrected chi connectivity index (χ3v) is 4.03. The third kappa shape index (κ3) is 2.40. The molecule has 3 aromatic rings. The van der Waals surface area contributed by atoms with Gasteiger partial charge in [-0.2, -0.15) is 0 Å². The first-order valence-corrected chi connectivity index (χ1v) is 7.59. The minimum Gasteiger partial charge on any atom is -0.361 e. The monoisotopic (exact) mass is 319 g/mol. The number of nitrogens with one attached hydrogen (secondary N) is 1. The molecule has 0 spiro atoms. The molecule has 1 aromatic heterocycles. The number of carbonyl (C=O) groups excluding carboxylic acids is 1. The zero-order valence-electron chi connectivity index (χ0n) is 12.7. The Hall–Kier alpha value is -3.21. The van der Waals surface area contributed by atoms with Crippen molar-refractivity contribution in [3.63, 3.8) is 0 Å². The molecule has 4 nitrogen and oxygen atoms in total. The molecule has 4 rings (SSSR count). The SMILES string of the molecule is O=C1c2ccccc2[C@H](Nc2ccc(F)cc2)N1c1cccnc1. The van der Waals surface area contributed by atoms with E-state index in [1.807, 2.05) is 30.3 Å². The number of carbonyl (C=O) groups is 1. The van der Waals surface area contributed by atoms with Gasteiger partial charge in [-0.3, -0.25) is 14.7 Å². The Morgan fingerprint density at radius 2 is 1.79 bits per heavy atom. The van der Waals surface area contributed by atoms with Gasteiger partial charge in [0.1, 0.15) is 12.0 Å². The van der Waals surface area contributed by atoms with Crippen LogP contribution in [0.15, 0.2) is 73.1 Å². The van der Waals surface area contributed by atoms with Gasteiger partial charge in [0, 0.05) is 23.0 Å². The van der Waals surface area contributed by atoms with Gasteiger partial charge in [0.2, 0.25) is 0 Å². The molecular weight excluding hydrogens is 305 g/mol. The van der Waals surface area contributed by atoms with Crippen molar-refractivity contribution in [3.8, 4) is 0 Å². The number of pyridine rings is 1. The smallest absolute Gasteiger partial charge is 0.260 e. The Morgan fingerprint density at radius 1 is 1.00 bits per heavy atom. The third-order valence-electron chi connectivity index (χ3n) is 4.03. The van der Waals surface area contributed by atoms with Crippen molar-refractivity contribution in [2.45, 2.75) is 6.17 Å². The van der Waals surface area contributed by atoms with Gasteiger partial charge >= 0.3 is 0 Å². The lowest BCUT2D eigenvalue weighted by Gasteiger charge is -2.26. The second-order valence-electron chi connectivity index (χ2n) is 5.53. The molecule has 2 aromatic carbocycles. The van der Waals surface area contributed by atoms with Crippen molar-refractivity contribution in [1.29, 1.82) is 0 Å². The van der Waals surface area contributed by atoms with E-state index in [0.29, 0.717) is 11.3 Å². The van der Waals surface area contributed by atoms with Crippen LogP contribution in [-0.2, 0) is 0 Å². The summed E-state index contributed by atoms with van der Waals surface area (Å²) in [5, 5.41) is 3.31. The maximum absolute atomic E-state index is 13.1. The highest BCUT2D eigenvalue weighted by Crippen LogP contribution is 2.37. The quantitative estimate of drug-likeness (QED) is 0.794. The molecule has 0 fully saturated rings. The van der Waals surface area contributed by atoms with Crippen molar-refractivity contribution in [2.24, 2.45) is 0 Å². The molecule has 5 heteroatoms. The molecule has 0 saturated carbocycles. The number of halogens is 1. The van der Waals surface area contributed by atoms with Gasteiger partial charge in [0.15, 0.2) is 0 Å². The number of hydrogen-bond acceptors (Lipinski definition) is 3. The number of hydrogen-bond donors (Lipinski definition) is 1. The number of rotatable bonds is 3. The fraction of sp³-hybridized carbons (Fsp3) is 0.0526. The molecule has 1 atom stereocenters. The van der Waals surface area contributed by atoms with E-state index in [-0.39, 0.29) is 17.9 Å². The lowest BCUT2D eigenvalue weighted by molar-refractivity contribution is 0.0993. The average Bonchev–Trinajstić information content (AvgIpc) is 2.90. The molecule has 2 heterocycles. The van der Waals surface area contributed by atoms with Crippen LogP contribution >= 0.6 is 0 Å². The number of nitrogens with zero attached hydrogens (tertiary/aromatic N) is 2. The molecule has 1 aliphatic heterocycles. The van der Waals surface area contributed by atoms with Crippen LogP contribution in [0.3, 0.4) is 0 Å². The molecule has 0 radical (unpaired) electrons. The molecule has 1 amide bonds. The highest BCUT2D eigenvalue weighted by atomic mass is 19.1. The number of anilines is 2. The first-order valence-electron chi connectivity index (χ1n) is 7.59. The Bertz CT molecular complexity index is 881. The van der Waals surface area contributed by atoms with E-state index in [4.69, 9.17) is 0 Å². The maximum atomic E-state index is 13.1. The highest BCUT2D eigenvalue weighted by molar-refractivity contribution is 6.11. The minimum atomic E-state index is -0.372. The van der Waals surface area contributed by atoms with E-state index in [0.717, 1.165) is 11.3 Å². The largest absolute Gasteiger partial charge is 0.361 e. The Labute approximate surface area is 138 Å². The fourth-order valence-corrected chi connectivity index (χ4v) is 2.93. The molecule has 24 heavy (non-hydrogen) atoms. The second-order valence-corrected chi connectivity index (χ2v) is 5.53. The molecule has 0 bridgehead atoms. The van der Waals surface area contributed by atoms with Crippen molar-refractivity contribution in [1.82, 2.24) is 4.98 Å². The lowest BCUT2D eigenvalue weighted by atomic mass is 10.1. The summed E-state index contributed by atoms with van der Waals surface area (Å²) in [6.07, 6.45) is 2.95. The van der Waals surface area contributed by atoms with Crippen molar-refractivity contribution < 1.29 is 9.18 Å². The standard InChI is InChI=1S/C19H14FN3O/c20-13-7-9-14(10-8-13)22-18-16-5-1-2-6-17(16)19(24)23(18)15-4-3-11-21-12-15/h1-12,18,22H/t18-/m1/s1. The first kappa shape index (κ1) is 14.4. The van der Waals surface area contributed by atoms with Crippen LogP contribution in [0.25, 0.3) is 0 Å². The van der Waals surface area contributed by atoms with Crippen molar-refractivity contribution >= 4 is 17.3 Å². The zero-order chi connectivity index (χ0) is 16.5. The van der Waals surface area contributed by atoms with Gasteiger partial charge in [0.25, 0.3) is 5.91 Å². The predicted octanol–water partition coefficient (Wildman–Crippen LogP) is 3.99. The molecule has 0 unspecified atom stereocenters. The Balaban J connectivity index is 1.77. The van der Waals surface area contributed by atoms with E-state index in [1.165, 1.54) is 12.1 Å². The summed E-state index contributed by atoms with van der Waals surface area (Å²) < 4.78 is 13.1. The van der Waals surface area contributed by atoms with E-state index >= 15 is 0 Å². The number of aromatic nitrogens is 1. The molecule has 118 valence electrons. The van der Waals surface area contributed by atoms with Gasteiger partial charge in [0.05, 0.1) is 11.9 Å². The second kappa shape index (κ2) is 5.77. The molecular formula is C19H14FN3O. The zero-order valence-corrected chi connectivity index (χ0v) is 12.7. The Kier molecular flexibility index (Phi) is 3.46. The molecule has 0 saturated heterocycles. The van der Waals surface area contributed by atoms with Crippen LogP contribution in [0.1, 0.15) is 22.1 Å². The first-order chi connectivity index (χ1) is 11.7. The van der Waals surface area contributed by atoms with Crippen molar-refractivity contribution in [3.05, 3.63) is 90.0 Å². The van der Waals surface area contributed by atoms with Gasteiger partial charge in [-0.1, -0.05) is 18.2 Å². The summed E-state index contributed by atoms with van der Waals surface area (Å²) in [4.78, 5) is 18.6. The molecule has 1 N–H and O–H groups in total. The minimum absolute atomic E-state index is 0.0850. The number of benzene rings is 2. The normalized spacial score (nSPS) is 16.1. The number of fused-ring (bicyclic) bond motifs is 1. The van der Waals surface area contributed by atoms with Gasteiger partial charge in [-0.25, -0.2) is 4.39 Å². The Morgan fingerprint density at radius 3 is 2.54 bits per heavy atom. The van der Waals surface area contributed by atoms with E-state index < -0.39 is 0 Å². The van der Waals surface area contributed by atoms with Crippen LogP contribution in [0, 0.1) is 5.82 Å². The highest BCUT2D eigenvalue weighted by Gasteiger charge is 2.37. The van der Waals surface area contributed by atoms with Crippen molar-refractivity contribution in [2.75, 3.05) is 10.2 Å². The van der Waals surface area contributed by atoms with E-state index in [1.54, 1.807) is 35.5 Å². The molecule has 0 aliphatic carbocycles. The lowest BCUT2D eigenvalue weighted by Crippen LogP contribution is -2.32. The summed E-state index contributed by atoms with van der Waals surface area (Å²) in [5.74, 6) is -0.384. The van der Waals surface area contributed by atoms with Crippen LogP contribution in [0.4, 0.5) is 15.8 Å². The fourth-order valence-electron chi connectivity index (χ4n) is 2.93. The predicted molar refractivity (Wildman–Crippen MR) is 90.3 cm³/mol. The van der Waals surface area contributed by atoms with Gasteiger partial charge in [-0.05, 0) is 42.5 Å².